The predicted octanol–water partition coefficient (Wildman–Crippen LogP) is 25.2. The zero-order chi connectivity index (χ0) is 104. The molecule has 6 aromatic carbocycles. The van der Waals surface area contributed by atoms with Gasteiger partial charge in [-0.05, 0) is 205 Å². The summed E-state index contributed by atoms with van der Waals surface area (Å²) in [5.74, 6) is -5.37. The van der Waals surface area contributed by atoms with Crippen LogP contribution in [0.2, 0.25) is 0 Å². The summed E-state index contributed by atoms with van der Waals surface area (Å²) in [6.07, 6.45) is 17.8. The van der Waals surface area contributed by atoms with Gasteiger partial charge in [0.05, 0.1) is 53.3 Å². The Balaban J connectivity index is 0.000000135. The van der Waals surface area contributed by atoms with Crippen molar-refractivity contribution >= 4 is 84.9 Å². The van der Waals surface area contributed by atoms with Gasteiger partial charge in [0.1, 0.15) is 45.8 Å². The van der Waals surface area contributed by atoms with E-state index >= 15 is 0 Å². The maximum atomic E-state index is 13.7. The molecule has 2 aliphatic carbocycles. The molecule has 24 nitrogen and oxygen atoms in total. The molecule has 148 heavy (non-hydrogen) atoms. The number of thiazole rings is 1. The van der Waals surface area contributed by atoms with Crippen LogP contribution in [0.3, 0.4) is 0 Å². The first-order chi connectivity index (χ1) is 71.6. The highest BCUT2D eigenvalue weighted by molar-refractivity contribution is 7.11. The number of hydrogen-bond acceptors (Lipinski definition) is 17. The van der Waals surface area contributed by atoms with Gasteiger partial charge in [-0.2, -0.15) is 15.0 Å². The minimum atomic E-state index is -0.959. The topological polar surface area (TPSA) is 279 Å². The monoisotopic (exact) mass is 2020 g/mol. The number of halogens is 8. The molecule has 12 aromatic heterocycles. The first-order valence-corrected chi connectivity index (χ1v) is 50.0. The molecule has 12 heterocycles. The van der Waals surface area contributed by atoms with Crippen molar-refractivity contribution in [3.8, 4) is 28.6 Å². The first-order valence-electron chi connectivity index (χ1n) is 49.1. The Kier molecular flexibility index (Phi) is 32.9. The molecule has 0 radical (unpaired) electrons. The van der Waals surface area contributed by atoms with Crippen LogP contribution in [0.5, 0.6) is 28.6 Å². The summed E-state index contributed by atoms with van der Waals surface area (Å²) in [5, 5.41) is 20.2. The van der Waals surface area contributed by atoms with Crippen molar-refractivity contribution in [2.45, 2.75) is 189 Å². The number of rotatable bonds is 32. The Morgan fingerprint density at radius 1 is 0.372 bits per heavy atom. The summed E-state index contributed by atoms with van der Waals surface area (Å²) < 4.78 is 134. The zero-order valence-electron chi connectivity index (χ0n) is 82.6. The van der Waals surface area contributed by atoms with Gasteiger partial charge < -0.3 is 59.1 Å². The van der Waals surface area contributed by atoms with E-state index in [1.165, 1.54) is 54.5 Å². The van der Waals surface area contributed by atoms with E-state index in [1.54, 1.807) is 67.5 Å². The number of benzene rings is 6. The second-order valence-electron chi connectivity index (χ2n) is 37.5. The highest BCUT2D eigenvalue weighted by Gasteiger charge is 2.35. The van der Waals surface area contributed by atoms with Crippen molar-refractivity contribution in [1.82, 2.24) is 79.4 Å². The Hall–Kier alpha value is -16.3. The van der Waals surface area contributed by atoms with E-state index in [1.807, 2.05) is 187 Å². The minimum absolute atomic E-state index is 0.00138. The van der Waals surface area contributed by atoms with Gasteiger partial charge in [0.15, 0.2) is 34.9 Å². The van der Waals surface area contributed by atoms with Crippen molar-refractivity contribution in [2.24, 2.45) is 0 Å². The van der Waals surface area contributed by atoms with Crippen molar-refractivity contribution in [3.63, 3.8) is 0 Å². The molecular weight excluding hydrogens is 1920 g/mol. The second kappa shape index (κ2) is 47.2. The van der Waals surface area contributed by atoms with E-state index in [0.717, 1.165) is 137 Å². The third kappa shape index (κ3) is 24.7. The molecule has 758 valence electrons. The molecule has 4 amide bonds. The number of hydrogen-bond donors (Lipinski definition) is 5. The van der Waals surface area contributed by atoms with Crippen LogP contribution in [-0.4, -0.2) is 93.9 Å². The van der Waals surface area contributed by atoms with E-state index in [9.17, 15) is 54.3 Å². The smallest absolute Gasteiger partial charge is 0.279 e. The molecule has 20 rings (SSSR count). The summed E-state index contributed by atoms with van der Waals surface area (Å²) in [5.41, 5.74) is 13.9. The largest absolute Gasteiger partial charge is 0.475 e. The van der Waals surface area contributed by atoms with E-state index in [-0.39, 0.29) is 79.6 Å². The van der Waals surface area contributed by atoms with Crippen molar-refractivity contribution in [1.29, 1.82) is 0 Å². The SMILES string of the molecule is CC(C)Oc1ccc2c(C(=O)NCc3ccc(F)c(F)c3)c(C(C)C)n(Cc3ccccc3)c2n1.CC(C)c1c(C(=O)NCc2ccc(F)c(F)c2)c2ccc(NC3CCCC3)nc2n1Cc1ccccn1.CC(C)c1c(C(=O)NCc2ccc(F)c(F)c2)c2ccc(Oc3nccs3)nc2n1Cc1cccnc1.O=C(NCc1cc(F)cc(F)c1)c1c(C2CCC2)n(Cc2ccccc2)c2nc(Oc3cccnc3)ccc12. The van der Waals surface area contributed by atoms with E-state index in [4.69, 9.17) is 34.1 Å². The van der Waals surface area contributed by atoms with Gasteiger partial charge in [-0.1, -0.05) is 163 Å². The van der Waals surface area contributed by atoms with Crippen molar-refractivity contribution < 1.29 is 68.5 Å². The third-order valence-electron chi connectivity index (χ3n) is 25.4. The van der Waals surface area contributed by atoms with Crippen LogP contribution in [-0.2, 0) is 52.4 Å². The van der Waals surface area contributed by atoms with Gasteiger partial charge in [-0.25, -0.2) is 45.1 Å². The average molecular weight is 2030 g/mol. The van der Waals surface area contributed by atoms with E-state index in [2.05, 4.69) is 60.2 Å². The molecule has 0 atom stereocenters. The number of pyridine rings is 7. The lowest BCUT2D eigenvalue weighted by Crippen LogP contribution is -2.26. The van der Waals surface area contributed by atoms with Gasteiger partial charge in [0, 0.05) is 156 Å². The summed E-state index contributed by atoms with van der Waals surface area (Å²) >= 11 is 1.35. The van der Waals surface area contributed by atoms with Crippen LogP contribution in [0, 0.1) is 46.5 Å². The molecule has 0 unspecified atom stereocenters. The maximum absolute atomic E-state index is 13.7. The van der Waals surface area contributed by atoms with Crippen LogP contribution >= 0.6 is 11.3 Å². The predicted molar refractivity (Wildman–Crippen MR) is 554 cm³/mol. The lowest BCUT2D eigenvalue weighted by molar-refractivity contribution is 0.0942. The normalized spacial score (nSPS) is 12.5. The fourth-order valence-corrected chi connectivity index (χ4v) is 19.2. The van der Waals surface area contributed by atoms with Crippen LogP contribution in [0.4, 0.5) is 40.9 Å². The lowest BCUT2D eigenvalue weighted by atomic mass is 9.81. The van der Waals surface area contributed by atoms with Crippen molar-refractivity contribution in [2.75, 3.05) is 5.32 Å². The number of amides is 4. The van der Waals surface area contributed by atoms with Gasteiger partial charge in [-0.3, -0.25) is 34.1 Å². The second-order valence-corrected chi connectivity index (χ2v) is 38.4. The lowest BCUT2D eigenvalue weighted by Gasteiger charge is -2.28. The fraction of sp³-hybridized carbons (Fsp3) is 0.252. The molecule has 2 aliphatic rings. The number of fused-ring (bicyclic) bond motifs is 4. The molecule has 0 saturated heterocycles. The molecule has 0 spiro atoms. The van der Waals surface area contributed by atoms with Gasteiger partial charge in [0.2, 0.25) is 17.6 Å². The Labute approximate surface area is 853 Å². The minimum Gasteiger partial charge on any atom is -0.475 e. The number of ether oxygens (including phenoxy) is 3. The van der Waals surface area contributed by atoms with Gasteiger partial charge in [0.25, 0.3) is 28.8 Å². The molecule has 2 saturated carbocycles. The summed E-state index contributed by atoms with van der Waals surface area (Å²) in [7, 11) is 0. The highest BCUT2D eigenvalue weighted by atomic mass is 32.1. The van der Waals surface area contributed by atoms with Crippen molar-refractivity contribution in [3.05, 3.63) is 403 Å². The number of carbonyl (C=O) groups excluding carboxylic acids is 4. The van der Waals surface area contributed by atoms with Gasteiger partial charge in [-0.15, -0.1) is 0 Å². The Bertz CT molecular complexity index is 7740. The van der Waals surface area contributed by atoms with E-state index in [0.29, 0.717) is 138 Å². The number of nitrogens with zero attached hydrogens (tertiary/aromatic N) is 12. The maximum Gasteiger partial charge on any atom is 0.279 e. The zero-order valence-corrected chi connectivity index (χ0v) is 83.4. The number of aromatic nitrogens is 12. The number of carbonyl (C=O) groups is 4. The van der Waals surface area contributed by atoms with Crippen LogP contribution < -0.4 is 40.8 Å². The summed E-state index contributed by atoms with van der Waals surface area (Å²) in [6.45, 7) is 18.2. The molecular formula is C115H109F8N17O7S. The molecule has 2 fully saturated rings. The average Bonchev–Trinajstić information content (AvgIpc) is 1.64. The third-order valence-corrected chi connectivity index (χ3v) is 26.1. The summed E-state index contributed by atoms with van der Waals surface area (Å²) in [6, 6.07) is 62.3. The molecule has 0 bridgehead atoms. The molecule has 5 N–H and O–H groups in total. The molecule has 33 heteroatoms. The van der Waals surface area contributed by atoms with Gasteiger partial charge >= 0.3 is 0 Å². The van der Waals surface area contributed by atoms with Crippen LogP contribution in [0.25, 0.3) is 44.1 Å². The molecule has 18 aromatic rings. The summed E-state index contributed by atoms with van der Waals surface area (Å²) in [4.78, 5) is 90.7. The quantitative estimate of drug-likeness (QED) is 0.0245. The Morgan fingerprint density at radius 3 is 1.27 bits per heavy atom. The standard InChI is InChI=1S/C31H26F2N4O2.C29H31F2N5O.C28H29F2N3O2.C27H23F2N5O2S/c32-23-14-21(15-24(33)16-23)17-35-31(38)28-26-11-12-27(39-25-10-5-13-34-18-25)36-30(26)37(29(28)22-8-4-9-22)19-20-6-2-1-3-7-20;1-18(2)27-26(29(37)33-16-19-10-12-23(30)24(31)15-19)22-11-13-25(34-20-7-3-4-8-20)35-28(22)36(27)17-21-9-5-6-14-32-21;1-17(2)26-25(28(34)31-15-20-10-12-22(29)23(30)14-20)21-11-13-24(35-18(3)4)32-27(21)33(26)16-19-8-6-5-7-9-19;1-16(2)24-23(26(35)32-14-17-5-7-20(28)21(29)12-17)19-6-8-22(36-27-31-10-11-37-27)33-25(19)34(24)15-18-4-3-9-30-13-18/h1-3,5-7,10-16,18,22H,4,8-9,17,19H2,(H,35,38);5-6,9-15,18,20H,3-4,7-8,16-17H2,1-2H3,(H,33,37)(H,34,35);5-14,17-18H,15-16H2,1-4H3,(H,31,34);3-13,16H,14-15H2,1-2H3,(H,32,35). The highest BCUT2D eigenvalue weighted by Crippen LogP contribution is 2.44. The van der Waals surface area contributed by atoms with E-state index < -0.39 is 46.5 Å². The first kappa shape index (κ1) is 103. The fourth-order valence-electron chi connectivity index (χ4n) is 18.7. The number of anilines is 1. The van der Waals surface area contributed by atoms with Crippen LogP contribution in [0.1, 0.15) is 233 Å². The molecule has 0 aliphatic heterocycles. The number of nitrogens with one attached hydrogen (secondary N) is 5. The Morgan fingerprint density at radius 2 is 0.811 bits per heavy atom. The van der Waals surface area contributed by atoms with Crippen LogP contribution in [0.15, 0.2) is 267 Å².